The normalized spacial score (nSPS) is 12.6. The van der Waals surface area contributed by atoms with Crippen molar-refractivity contribution in [2.24, 2.45) is 5.84 Å². The molecule has 0 saturated carbocycles. The van der Waals surface area contributed by atoms with E-state index in [1.165, 1.54) is 23.7 Å². The average molecular weight is 301 g/mol. The lowest BCUT2D eigenvalue weighted by atomic mass is 10.0. The Morgan fingerprint density at radius 1 is 1.53 bits per heavy atom. The second-order valence-electron chi connectivity index (χ2n) is 4.10. The minimum absolute atomic E-state index is 0.172. The van der Waals surface area contributed by atoms with Crippen LogP contribution in [0.3, 0.4) is 0 Å². The molecule has 2 aromatic rings. The fourth-order valence-corrected chi connectivity index (χ4v) is 2.86. The van der Waals surface area contributed by atoms with E-state index in [0.717, 1.165) is 17.0 Å². The summed E-state index contributed by atoms with van der Waals surface area (Å²) in [5.74, 6) is 5.28. The van der Waals surface area contributed by atoms with E-state index < -0.39 is 0 Å². The number of nitrogens with two attached hydrogens (primary N) is 1. The van der Waals surface area contributed by atoms with E-state index in [1.807, 2.05) is 6.92 Å². The molecule has 0 aliphatic rings. The summed E-state index contributed by atoms with van der Waals surface area (Å²) in [5.41, 5.74) is 4.34. The maximum Gasteiger partial charge on any atom is 0.123 e. The largest absolute Gasteiger partial charge is 0.271 e. The number of halogens is 2. The van der Waals surface area contributed by atoms with Gasteiger partial charge < -0.3 is 0 Å². The predicted octanol–water partition coefficient (Wildman–Crippen LogP) is 2.64. The third-order valence-corrected chi connectivity index (χ3v) is 4.12. The van der Waals surface area contributed by atoms with E-state index in [9.17, 15) is 4.39 Å². The molecule has 0 amide bonds. The van der Waals surface area contributed by atoms with Crippen molar-refractivity contribution >= 4 is 23.1 Å². The van der Waals surface area contributed by atoms with Crippen molar-refractivity contribution < 1.29 is 4.39 Å². The Hall–Kier alpha value is -1.08. The van der Waals surface area contributed by atoms with Gasteiger partial charge in [-0.15, -0.1) is 5.10 Å². The summed E-state index contributed by atoms with van der Waals surface area (Å²) in [6.45, 7) is 2.00. The Morgan fingerprint density at radius 3 is 3.00 bits per heavy atom. The van der Waals surface area contributed by atoms with Gasteiger partial charge in [-0.05, 0) is 48.1 Å². The Bertz CT molecular complexity index is 560. The summed E-state index contributed by atoms with van der Waals surface area (Å²) in [5, 5.41) is 4.58. The zero-order valence-corrected chi connectivity index (χ0v) is 11.9. The fraction of sp³-hybridized carbons (Fsp3) is 0.333. The SMILES string of the molecule is CCc1nnsc1C(Cc1cc(F)ccc1Cl)NN. The zero-order valence-electron chi connectivity index (χ0n) is 10.4. The first-order valence-corrected chi connectivity index (χ1v) is 7.02. The number of hydrogen-bond acceptors (Lipinski definition) is 5. The van der Waals surface area contributed by atoms with Crippen molar-refractivity contribution in [3.63, 3.8) is 0 Å². The average Bonchev–Trinajstić information content (AvgIpc) is 2.88. The number of aromatic nitrogens is 2. The highest BCUT2D eigenvalue weighted by Gasteiger charge is 2.19. The van der Waals surface area contributed by atoms with Gasteiger partial charge in [-0.25, -0.2) is 4.39 Å². The predicted molar refractivity (Wildman–Crippen MR) is 74.5 cm³/mol. The molecule has 2 rings (SSSR count). The lowest BCUT2D eigenvalue weighted by molar-refractivity contribution is 0.552. The number of hydrazine groups is 1. The molecule has 1 aromatic carbocycles. The van der Waals surface area contributed by atoms with Crippen molar-refractivity contribution in [1.82, 2.24) is 15.0 Å². The van der Waals surface area contributed by atoms with E-state index in [0.29, 0.717) is 17.0 Å². The monoisotopic (exact) mass is 300 g/mol. The molecule has 7 heteroatoms. The molecule has 0 saturated heterocycles. The van der Waals surface area contributed by atoms with Gasteiger partial charge >= 0.3 is 0 Å². The third-order valence-electron chi connectivity index (χ3n) is 2.87. The molecule has 1 unspecified atom stereocenters. The highest BCUT2D eigenvalue weighted by molar-refractivity contribution is 7.05. The molecule has 0 fully saturated rings. The van der Waals surface area contributed by atoms with Gasteiger partial charge in [0.25, 0.3) is 0 Å². The van der Waals surface area contributed by atoms with E-state index >= 15 is 0 Å². The van der Waals surface area contributed by atoms with Crippen LogP contribution in [0.1, 0.15) is 29.1 Å². The number of rotatable bonds is 5. The van der Waals surface area contributed by atoms with Crippen molar-refractivity contribution in [3.05, 3.63) is 45.2 Å². The number of benzene rings is 1. The molecule has 102 valence electrons. The van der Waals surface area contributed by atoms with Gasteiger partial charge in [0.2, 0.25) is 0 Å². The maximum atomic E-state index is 13.3. The summed E-state index contributed by atoms with van der Waals surface area (Å²) in [4.78, 5) is 0.963. The lowest BCUT2D eigenvalue weighted by Gasteiger charge is -2.15. The van der Waals surface area contributed by atoms with Crippen molar-refractivity contribution in [3.8, 4) is 0 Å². The summed E-state index contributed by atoms with van der Waals surface area (Å²) >= 11 is 7.36. The van der Waals surface area contributed by atoms with Crippen LogP contribution in [-0.4, -0.2) is 9.59 Å². The fourth-order valence-electron chi connectivity index (χ4n) is 1.87. The summed E-state index contributed by atoms with van der Waals surface area (Å²) in [7, 11) is 0. The van der Waals surface area contributed by atoms with Crippen LogP contribution in [-0.2, 0) is 12.8 Å². The molecule has 0 radical (unpaired) electrons. The van der Waals surface area contributed by atoms with Crippen LogP contribution in [0.15, 0.2) is 18.2 Å². The van der Waals surface area contributed by atoms with Gasteiger partial charge in [-0.3, -0.25) is 11.3 Å². The lowest BCUT2D eigenvalue weighted by Crippen LogP contribution is -2.29. The van der Waals surface area contributed by atoms with Crippen molar-refractivity contribution in [2.75, 3.05) is 0 Å². The second-order valence-corrected chi connectivity index (χ2v) is 5.29. The first-order chi connectivity index (χ1) is 9.15. The Labute approximate surface area is 119 Å². The number of hydrogen-bond donors (Lipinski definition) is 2. The third kappa shape index (κ3) is 3.27. The van der Waals surface area contributed by atoms with Crippen LogP contribution >= 0.6 is 23.1 Å². The molecule has 1 atom stereocenters. The molecule has 0 aliphatic heterocycles. The van der Waals surface area contributed by atoms with Crippen LogP contribution in [0.2, 0.25) is 5.02 Å². The molecule has 3 N–H and O–H groups in total. The number of nitrogens with one attached hydrogen (secondary N) is 1. The van der Waals surface area contributed by atoms with Crippen LogP contribution in [0.25, 0.3) is 0 Å². The molecule has 1 aromatic heterocycles. The van der Waals surface area contributed by atoms with Gasteiger partial charge in [0.1, 0.15) is 5.82 Å². The molecule has 4 nitrogen and oxygen atoms in total. The molecule has 19 heavy (non-hydrogen) atoms. The molecule has 1 heterocycles. The number of nitrogens with zero attached hydrogens (tertiary/aromatic N) is 2. The molecule has 0 bridgehead atoms. The number of aryl methyl sites for hydroxylation is 1. The Morgan fingerprint density at radius 2 is 2.32 bits per heavy atom. The maximum absolute atomic E-state index is 13.3. The van der Waals surface area contributed by atoms with E-state index in [4.69, 9.17) is 17.4 Å². The highest BCUT2D eigenvalue weighted by atomic mass is 35.5. The van der Waals surface area contributed by atoms with Crippen LogP contribution in [0.4, 0.5) is 4.39 Å². The smallest absolute Gasteiger partial charge is 0.123 e. The Balaban J connectivity index is 2.26. The standard InChI is InChI=1S/C12H14ClFN4S/c1-2-10-12(19-18-17-10)11(16-15)6-7-5-8(14)3-4-9(7)13/h3-5,11,16H,2,6,15H2,1H3. The van der Waals surface area contributed by atoms with Gasteiger partial charge in [0.05, 0.1) is 16.6 Å². The first kappa shape index (κ1) is 14.3. The van der Waals surface area contributed by atoms with E-state index in [2.05, 4.69) is 15.0 Å². The van der Waals surface area contributed by atoms with Gasteiger partial charge in [-0.1, -0.05) is 23.0 Å². The first-order valence-electron chi connectivity index (χ1n) is 5.86. The zero-order chi connectivity index (χ0) is 13.8. The molecular weight excluding hydrogens is 287 g/mol. The summed E-state index contributed by atoms with van der Waals surface area (Å²) in [6, 6.07) is 4.13. The van der Waals surface area contributed by atoms with Crippen LogP contribution in [0.5, 0.6) is 0 Å². The highest BCUT2D eigenvalue weighted by Crippen LogP contribution is 2.27. The second kappa shape index (κ2) is 6.38. The van der Waals surface area contributed by atoms with Gasteiger partial charge in [-0.2, -0.15) is 0 Å². The quantitative estimate of drug-likeness (QED) is 0.658. The minimum Gasteiger partial charge on any atom is -0.271 e. The minimum atomic E-state index is -0.312. The van der Waals surface area contributed by atoms with Crippen molar-refractivity contribution in [1.29, 1.82) is 0 Å². The Kier molecular flexibility index (Phi) is 4.81. The van der Waals surface area contributed by atoms with E-state index in [-0.39, 0.29) is 11.9 Å². The molecule has 0 aliphatic carbocycles. The van der Waals surface area contributed by atoms with Gasteiger partial charge in [0, 0.05) is 5.02 Å². The topological polar surface area (TPSA) is 63.8 Å². The summed E-state index contributed by atoms with van der Waals surface area (Å²) in [6.07, 6.45) is 1.27. The van der Waals surface area contributed by atoms with Crippen LogP contribution < -0.4 is 11.3 Å². The molecule has 0 spiro atoms. The van der Waals surface area contributed by atoms with E-state index in [1.54, 1.807) is 6.07 Å². The van der Waals surface area contributed by atoms with Gasteiger partial charge in [0.15, 0.2) is 0 Å². The van der Waals surface area contributed by atoms with Crippen LogP contribution in [0, 0.1) is 5.82 Å². The summed E-state index contributed by atoms with van der Waals surface area (Å²) < 4.78 is 17.2. The molecular formula is C12H14ClFN4S. The van der Waals surface area contributed by atoms with Crippen molar-refractivity contribution in [2.45, 2.75) is 25.8 Å².